The molecule has 0 bridgehead atoms. The van der Waals surface area contributed by atoms with Crippen LogP contribution in [0.2, 0.25) is 0 Å². The third-order valence-corrected chi connectivity index (χ3v) is 5.56. The highest BCUT2D eigenvalue weighted by Gasteiger charge is 2.35. The molecule has 4 N–H and O–H groups in total. The Kier molecular flexibility index (Phi) is 7.00. The van der Waals surface area contributed by atoms with E-state index in [1.807, 2.05) is 23.1 Å². The van der Waals surface area contributed by atoms with E-state index in [1.54, 1.807) is 24.3 Å². The molecule has 0 radical (unpaired) electrons. The monoisotopic (exact) mass is 409 g/mol. The van der Waals surface area contributed by atoms with Crippen molar-refractivity contribution >= 4 is 28.3 Å². The zero-order valence-corrected chi connectivity index (χ0v) is 16.5. The van der Waals surface area contributed by atoms with E-state index in [2.05, 4.69) is 12.1 Å². The molecule has 2 aromatic rings. The largest absolute Gasteiger partial charge is 0.338 e. The number of hydrogen-bond acceptors (Lipinski definition) is 4. The molecule has 0 unspecified atom stereocenters. The van der Waals surface area contributed by atoms with Crippen LogP contribution in [0.4, 0.5) is 0 Å². The van der Waals surface area contributed by atoms with Crippen LogP contribution in [0.15, 0.2) is 54.6 Å². The summed E-state index contributed by atoms with van der Waals surface area (Å²) < 4.78 is 22.3. The maximum Gasteiger partial charge on any atom is 0.253 e. The molecule has 27 heavy (non-hydrogen) atoms. The van der Waals surface area contributed by atoms with E-state index >= 15 is 0 Å². The van der Waals surface area contributed by atoms with Crippen LogP contribution in [0, 0.1) is 5.92 Å². The topological polar surface area (TPSA) is 106 Å². The fourth-order valence-corrected chi connectivity index (χ4v) is 4.17. The van der Waals surface area contributed by atoms with Crippen molar-refractivity contribution in [1.29, 1.82) is 0 Å². The number of carbonyl (C=O) groups excluding carboxylic acids is 1. The van der Waals surface area contributed by atoms with Crippen molar-refractivity contribution in [2.24, 2.45) is 16.8 Å². The molecular weight excluding hydrogens is 386 g/mol. The maximum atomic E-state index is 12.8. The molecule has 1 amide bonds. The molecule has 0 spiro atoms. The number of hydrogen-bond donors (Lipinski definition) is 2. The fourth-order valence-electron chi connectivity index (χ4n) is 3.51. The minimum absolute atomic E-state index is 0. The average molecular weight is 410 g/mol. The molecule has 2 atom stereocenters. The number of nitrogens with zero attached hydrogens (tertiary/aromatic N) is 1. The lowest BCUT2D eigenvalue weighted by Gasteiger charge is -2.17. The number of rotatable bonds is 5. The summed E-state index contributed by atoms with van der Waals surface area (Å²) in [5.41, 5.74) is 8.23. The predicted octanol–water partition coefficient (Wildman–Crippen LogP) is 1.71. The van der Waals surface area contributed by atoms with Gasteiger partial charge in [-0.15, -0.1) is 12.4 Å². The van der Waals surface area contributed by atoms with Crippen molar-refractivity contribution in [3.8, 4) is 0 Å². The summed E-state index contributed by atoms with van der Waals surface area (Å²) in [5.74, 6) is 0.148. The quantitative estimate of drug-likeness (QED) is 0.783. The van der Waals surface area contributed by atoms with Gasteiger partial charge in [0, 0.05) is 24.6 Å². The molecule has 1 aliphatic heterocycles. The lowest BCUT2D eigenvalue weighted by atomic mass is 9.89. The van der Waals surface area contributed by atoms with Crippen molar-refractivity contribution in [2.45, 2.75) is 11.7 Å². The second kappa shape index (κ2) is 8.84. The van der Waals surface area contributed by atoms with Gasteiger partial charge >= 0.3 is 0 Å². The number of likely N-dealkylation sites (tertiary alicyclic amines) is 1. The van der Waals surface area contributed by atoms with Gasteiger partial charge in [0.25, 0.3) is 5.91 Å². The second-order valence-electron chi connectivity index (χ2n) is 6.73. The van der Waals surface area contributed by atoms with Crippen LogP contribution in [-0.4, -0.2) is 38.9 Å². The minimum Gasteiger partial charge on any atom is -0.338 e. The third kappa shape index (κ3) is 5.29. The van der Waals surface area contributed by atoms with Crippen molar-refractivity contribution in [1.82, 2.24) is 4.90 Å². The standard InChI is InChI=1S/C19H23N3O3S.ClH/c20-10-17-11-22(12-18(17)15-4-2-1-3-5-15)19(23)16-8-6-14(7-9-16)13-26(21,24)25;/h1-9,17-18H,10-13,20H2,(H2,21,24,25);1H/t17-,18+;/m1./s1. The van der Waals surface area contributed by atoms with Crippen LogP contribution in [0.5, 0.6) is 0 Å². The maximum absolute atomic E-state index is 12.8. The van der Waals surface area contributed by atoms with Crippen LogP contribution >= 0.6 is 12.4 Å². The van der Waals surface area contributed by atoms with Gasteiger partial charge in [0.15, 0.2) is 0 Å². The molecule has 1 fully saturated rings. The van der Waals surface area contributed by atoms with Gasteiger partial charge in [-0.1, -0.05) is 42.5 Å². The molecule has 8 heteroatoms. The summed E-state index contributed by atoms with van der Waals surface area (Å²) in [6.45, 7) is 1.77. The highest BCUT2D eigenvalue weighted by molar-refractivity contribution is 7.88. The van der Waals surface area contributed by atoms with E-state index in [1.165, 1.54) is 5.56 Å². The second-order valence-corrected chi connectivity index (χ2v) is 8.34. The number of amides is 1. The van der Waals surface area contributed by atoms with Gasteiger partial charge in [-0.05, 0) is 35.7 Å². The molecule has 1 heterocycles. The molecule has 1 aliphatic rings. The average Bonchev–Trinajstić information content (AvgIpc) is 3.05. The van der Waals surface area contributed by atoms with Crippen LogP contribution < -0.4 is 10.9 Å². The van der Waals surface area contributed by atoms with Crippen molar-refractivity contribution in [2.75, 3.05) is 19.6 Å². The minimum atomic E-state index is -3.58. The Hall–Kier alpha value is -1.93. The van der Waals surface area contributed by atoms with E-state index in [-0.39, 0.29) is 35.9 Å². The van der Waals surface area contributed by atoms with E-state index < -0.39 is 10.0 Å². The van der Waals surface area contributed by atoms with E-state index in [0.717, 1.165) is 0 Å². The molecule has 0 aromatic heterocycles. The summed E-state index contributed by atoms with van der Waals surface area (Å²) in [4.78, 5) is 14.6. The molecule has 2 aromatic carbocycles. The highest BCUT2D eigenvalue weighted by atomic mass is 35.5. The smallest absolute Gasteiger partial charge is 0.253 e. The zero-order valence-electron chi connectivity index (χ0n) is 14.8. The molecule has 0 aliphatic carbocycles. The first-order valence-corrected chi connectivity index (χ1v) is 10.2. The van der Waals surface area contributed by atoms with Crippen LogP contribution in [0.3, 0.4) is 0 Å². The van der Waals surface area contributed by atoms with E-state index in [9.17, 15) is 13.2 Å². The lowest BCUT2D eigenvalue weighted by Crippen LogP contribution is -2.29. The lowest BCUT2D eigenvalue weighted by molar-refractivity contribution is 0.0786. The first-order valence-electron chi connectivity index (χ1n) is 8.51. The zero-order chi connectivity index (χ0) is 18.7. The number of halogens is 1. The Labute approximate surface area is 166 Å². The number of sulfonamides is 1. The van der Waals surface area contributed by atoms with Gasteiger partial charge in [0.1, 0.15) is 0 Å². The van der Waals surface area contributed by atoms with Gasteiger partial charge < -0.3 is 10.6 Å². The van der Waals surface area contributed by atoms with Gasteiger partial charge in [0.2, 0.25) is 10.0 Å². The Morgan fingerprint density at radius 3 is 2.22 bits per heavy atom. The summed E-state index contributed by atoms with van der Waals surface area (Å²) in [7, 11) is -3.58. The van der Waals surface area contributed by atoms with Crippen molar-refractivity contribution in [3.05, 3.63) is 71.3 Å². The van der Waals surface area contributed by atoms with Crippen molar-refractivity contribution in [3.63, 3.8) is 0 Å². The normalized spacial score (nSPS) is 19.6. The Morgan fingerprint density at radius 1 is 1.04 bits per heavy atom. The first-order chi connectivity index (χ1) is 12.4. The molecule has 0 saturated carbocycles. The molecule has 3 rings (SSSR count). The van der Waals surface area contributed by atoms with Gasteiger partial charge in [-0.3, -0.25) is 4.79 Å². The number of primary sulfonamides is 1. The number of nitrogens with two attached hydrogens (primary N) is 2. The Morgan fingerprint density at radius 2 is 1.67 bits per heavy atom. The van der Waals surface area contributed by atoms with E-state index in [0.29, 0.717) is 30.8 Å². The van der Waals surface area contributed by atoms with Crippen LogP contribution in [0.1, 0.15) is 27.4 Å². The van der Waals surface area contributed by atoms with Gasteiger partial charge in [0.05, 0.1) is 5.75 Å². The van der Waals surface area contributed by atoms with Crippen molar-refractivity contribution < 1.29 is 13.2 Å². The van der Waals surface area contributed by atoms with Gasteiger partial charge in [-0.2, -0.15) is 0 Å². The predicted molar refractivity (Wildman–Crippen MR) is 108 cm³/mol. The summed E-state index contributed by atoms with van der Waals surface area (Å²) >= 11 is 0. The number of carbonyl (C=O) groups is 1. The van der Waals surface area contributed by atoms with E-state index in [4.69, 9.17) is 10.9 Å². The van der Waals surface area contributed by atoms with Gasteiger partial charge in [-0.25, -0.2) is 13.6 Å². The third-order valence-electron chi connectivity index (χ3n) is 4.83. The number of benzene rings is 2. The molecular formula is C19H24ClN3O3S. The molecule has 6 nitrogen and oxygen atoms in total. The van der Waals surface area contributed by atoms with Crippen LogP contribution in [0.25, 0.3) is 0 Å². The summed E-state index contributed by atoms with van der Waals surface area (Å²) in [5, 5.41) is 5.05. The Bertz CT molecular complexity index is 873. The molecule has 1 saturated heterocycles. The van der Waals surface area contributed by atoms with Crippen LogP contribution in [-0.2, 0) is 15.8 Å². The SMILES string of the molecule is Cl.NC[C@@H]1CN(C(=O)c2ccc(CS(N)(=O)=O)cc2)C[C@H]1c1ccccc1. The Balaban J connectivity index is 0.00000261. The highest BCUT2D eigenvalue weighted by Crippen LogP contribution is 2.32. The first kappa shape index (κ1) is 21.4. The molecule has 146 valence electrons. The summed E-state index contributed by atoms with van der Waals surface area (Å²) in [6, 6.07) is 16.7. The fraction of sp³-hybridized carbons (Fsp3) is 0.316. The summed E-state index contributed by atoms with van der Waals surface area (Å²) in [6.07, 6.45) is 0.